The second kappa shape index (κ2) is 5.70. The summed E-state index contributed by atoms with van der Waals surface area (Å²) in [5.41, 5.74) is 0. The Morgan fingerprint density at radius 2 is 2.19 bits per heavy atom. The van der Waals surface area contributed by atoms with Crippen molar-refractivity contribution in [3.8, 4) is 0 Å². The lowest BCUT2D eigenvalue weighted by molar-refractivity contribution is -0.0684. The van der Waals surface area contributed by atoms with E-state index in [4.69, 9.17) is 4.74 Å². The zero-order valence-corrected chi connectivity index (χ0v) is 10.9. The Hall–Kier alpha value is -0.520. The highest BCUT2D eigenvalue weighted by molar-refractivity contribution is 9.09. The molecule has 2 atom stereocenters. The maximum absolute atomic E-state index is 5.77. The molecule has 1 saturated heterocycles. The van der Waals surface area contributed by atoms with Crippen molar-refractivity contribution < 1.29 is 4.74 Å². The summed E-state index contributed by atoms with van der Waals surface area (Å²) in [6.07, 6.45) is 4.12. The predicted octanol–water partition coefficient (Wildman–Crippen LogP) is 1.46. The number of ether oxygens (including phenoxy) is 1. The highest BCUT2D eigenvalue weighted by atomic mass is 79.9. The molecule has 0 radical (unpaired) electrons. The maximum atomic E-state index is 5.77. The average molecular weight is 286 g/mol. The standard InChI is InChI=1S/C11H16BrN3O/c1-9-6-15(7-10(5-12)16-9)8-11-13-3-2-4-14-11/h2-4,9-10H,5-8H2,1H3. The van der Waals surface area contributed by atoms with Gasteiger partial charge < -0.3 is 4.74 Å². The Balaban J connectivity index is 1.94. The summed E-state index contributed by atoms with van der Waals surface area (Å²) in [6, 6.07) is 1.84. The molecule has 5 heteroatoms. The number of rotatable bonds is 3. The van der Waals surface area contributed by atoms with E-state index in [-0.39, 0.29) is 12.2 Å². The van der Waals surface area contributed by atoms with E-state index < -0.39 is 0 Å². The van der Waals surface area contributed by atoms with Gasteiger partial charge >= 0.3 is 0 Å². The lowest BCUT2D eigenvalue weighted by Gasteiger charge is -2.35. The van der Waals surface area contributed by atoms with Crippen LogP contribution in [-0.2, 0) is 11.3 Å². The van der Waals surface area contributed by atoms with Crippen molar-refractivity contribution in [2.24, 2.45) is 0 Å². The smallest absolute Gasteiger partial charge is 0.142 e. The molecule has 0 saturated carbocycles. The van der Waals surface area contributed by atoms with Crippen LogP contribution in [0.15, 0.2) is 18.5 Å². The fourth-order valence-electron chi connectivity index (χ4n) is 1.97. The molecule has 88 valence electrons. The minimum Gasteiger partial charge on any atom is -0.372 e. The van der Waals surface area contributed by atoms with E-state index in [1.54, 1.807) is 12.4 Å². The Morgan fingerprint density at radius 1 is 1.44 bits per heavy atom. The third-order valence-electron chi connectivity index (χ3n) is 2.56. The lowest BCUT2D eigenvalue weighted by atomic mass is 10.2. The van der Waals surface area contributed by atoms with Gasteiger partial charge in [0.2, 0.25) is 0 Å². The van der Waals surface area contributed by atoms with Gasteiger partial charge in [-0.15, -0.1) is 0 Å². The minimum atomic E-state index is 0.271. The van der Waals surface area contributed by atoms with E-state index in [1.807, 2.05) is 6.07 Å². The molecule has 0 spiro atoms. The second-order valence-corrected chi connectivity index (χ2v) is 4.73. The normalized spacial score (nSPS) is 26.9. The largest absolute Gasteiger partial charge is 0.372 e. The number of halogens is 1. The first-order chi connectivity index (χ1) is 7.78. The van der Waals surface area contributed by atoms with Crippen LogP contribution in [0, 0.1) is 0 Å². The Kier molecular flexibility index (Phi) is 4.26. The Morgan fingerprint density at radius 3 is 2.88 bits per heavy atom. The first-order valence-electron chi connectivity index (χ1n) is 5.47. The molecule has 0 aliphatic carbocycles. The van der Waals surface area contributed by atoms with Crippen molar-refractivity contribution in [2.75, 3.05) is 18.4 Å². The van der Waals surface area contributed by atoms with E-state index in [0.717, 1.165) is 30.8 Å². The van der Waals surface area contributed by atoms with Crippen LogP contribution in [0.2, 0.25) is 0 Å². The molecule has 0 N–H and O–H groups in total. The third kappa shape index (κ3) is 3.23. The molecule has 1 aliphatic rings. The maximum Gasteiger partial charge on any atom is 0.142 e. The minimum absolute atomic E-state index is 0.271. The van der Waals surface area contributed by atoms with Crippen molar-refractivity contribution in [1.29, 1.82) is 0 Å². The molecular formula is C11H16BrN3O. The lowest BCUT2D eigenvalue weighted by Crippen LogP contribution is -2.46. The molecule has 1 aromatic rings. The van der Waals surface area contributed by atoms with E-state index in [1.165, 1.54) is 0 Å². The van der Waals surface area contributed by atoms with Crippen molar-refractivity contribution in [2.45, 2.75) is 25.7 Å². The molecule has 1 aliphatic heterocycles. The third-order valence-corrected chi connectivity index (χ3v) is 3.28. The summed E-state index contributed by atoms with van der Waals surface area (Å²) in [4.78, 5) is 10.8. The number of hydrogen-bond donors (Lipinski definition) is 0. The summed E-state index contributed by atoms with van der Waals surface area (Å²) in [5, 5.41) is 0.878. The first-order valence-corrected chi connectivity index (χ1v) is 6.59. The Labute approximate surface area is 104 Å². The van der Waals surface area contributed by atoms with Crippen molar-refractivity contribution in [3.05, 3.63) is 24.3 Å². The van der Waals surface area contributed by atoms with Crippen LogP contribution >= 0.6 is 15.9 Å². The highest BCUT2D eigenvalue weighted by Crippen LogP contribution is 2.14. The summed E-state index contributed by atoms with van der Waals surface area (Å²) < 4.78 is 5.77. The van der Waals surface area contributed by atoms with E-state index in [9.17, 15) is 0 Å². The number of aromatic nitrogens is 2. The fraction of sp³-hybridized carbons (Fsp3) is 0.636. The predicted molar refractivity (Wildman–Crippen MR) is 65.4 cm³/mol. The van der Waals surface area contributed by atoms with Gasteiger partial charge in [0.15, 0.2) is 0 Å². The molecule has 1 fully saturated rings. The van der Waals surface area contributed by atoms with Crippen LogP contribution in [0.3, 0.4) is 0 Å². The molecule has 4 nitrogen and oxygen atoms in total. The summed E-state index contributed by atoms with van der Waals surface area (Å²) >= 11 is 3.47. The quantitative estimate of drug-likeness (QED) is 0.789. The molecule has 2 unspecified atom stereocenters. The van der Waals surface area contributed by atoms with Crippen LogP contribution in [0.1, 0.15) is 12.7 Å². The van der Waals surface area contributed by atoms with Gasteiger partial charge in [0, 0.05) is 30.8 Å². The summed E-state index contributed by atoms with van der Waals surface area (Å²) in [5.74, 6) is 0.880. The molecular weight excluding hydrogens is 270 g/mol. The van der Waals surface area contributed by atoms with Gasteiger partial charge in [0.1, 0.15) is 5.82 Å². The summed E-state index contributed by atoms with van der Waals surface area (Å²) in [7, 11) is 0. The second-order valence-electron chi connectivity index (χ2n) is 4.08. The van der Waals surface area contributed by atoms with Crippen LogP contribution in [0.4, 0.5) is 0 Å². The molecule has 2 heterocycles. The number of nitrogens with zero attached hydrogens (tertiary/aromatic N) is 3. The number of alkyl halides is 1. The van der Waals surface area contributed by atoms with Gasteiger partial charge in [-0.1, -0.05) is 15.9 Å². The van der Waals surface area contributed by atoms with Crippen LogP contribution in [-0.4, -0.2) is 45.5 Å². The molecule has 16 heavy (non-hydrogen) atoms. The van der Waals surface area contributed by atoms with E-state index in [2.05, 4.69) is 37.7 Å². The van der Waals surface area contributed by atoms with E-state index >= 15 is 0 Å². The monoisotopic (exact) mass is 285 g/mol. The topological polar surface area (TPSA) is 38.2 Å². The molecule has 0 amide bonds. The van der Waals surface area contributed by atoms with Gasteiger partial charge in [0.25, 0.3) is 0 Å². The molecule has 1 aromatic heterocycles. The molecule has 2 rings (SSSR count). The SMILES string of the molecule is CC1CN(Cc2ncccn2)CC(CBr)O1. The highest BCUT2D eigenvalue weighted by Gasteiger charge is 2.24. The Bertz CT molecular complexity index is 322. The molecule has 0 bridgehead atoms. The van der Waals surface area contributed by atoms with Gasteiger partial charge in [-0.25, -0.2) is 9.97 Å². The van der Waals surface area contributed by atoms with Gasteiger partial charge in [-0.2, -0.15) is 0 Å². The zero-order chi connectivity index (χ0) is 11.4. The van der Waals surface area contributed by atoms with Gasteiger partial charge in [-0.3, -0.25) is 4.90 Å². The number of morpholine rings is 1. The average Bonchev–Trinajstić information content (AvgIpc) is 2.29. The van der Waals surface area contributed by atoms with Crippen LogP contribution < -0.4 is 0 Å². The van der Waals surface area contributed by atoms with Gasteiger partial charge in [0.05, 0.1) is 18.8 Å². The first kappa shape index (κ1) is 12.0. The van der Waals surface area contributed by atoms with Crippen molar-refractivity contribution in [1.82, 2.24) is 14.9 Å². The van der Waals surface area contributed by atoms with Crippen molar-refractivity contribution >= 4 is 15.9 Å². The number of hydrogen-bond acceptors (Lipinski definition) is 4. The van der Waals surface area contributed by atoms with E-state index in [0.29, 0.717) is 0 Å². The van der Waals surface area contributed by atoms with Crippen LogP contribution in [0.5, 0.6) is 0 Å². The zero-order valence-electron chi connectivity index (χ0n) is 9.34. The molecule has 0 aromatic carbocycles. The van der Waals surface area contributed by atoms with Gasteiger partial charge in [-0.05, 0) is 13.0 Å². The van der Waals surface area contributed by atoms with Crippen LogP contribution in [0.25, 0.3) is 0 Å². The van der Waals surface area contributed by atoms with Crippen molar-refractivity contribution in [3.63, 3.8) is 0 Å². The fourth-order valence-corrected chi connectivity index (χ4v) is 2.32. The summed E-state index contributed by atoms with van der Waals surface area (Å²) in [6.45, 7) is 4.79.